The van der Waals surface area contributed by atoms with E-state index in [4.69, 9.17) is 15.2 Å². The first kappa shape index (κ1) is 20.5. The van der Waals surface area contributed by atoms with Crippen LogP contribution in [0.2, 0.25) is 0 Å². The molecule has 5 heterocycles. The topological polar surface area (TPSA) is 103 Å². The lowest BCUT2D eigenvalue weighted by Gasteiger charge is -2.42. The first-order chi connectivity index (χ1) is 17.5. The number of carbonyl (C=O) groups excluding carboxylic acids is 1. The van der Waals surface area contributed by atoms with Crippen molar-refractivity contribution >= 4 is 44.3 Å². The molecule has 4 aromatic heterocycles. The van der Waals surface area contributed by atoms with E-state index in [2.05, 4.69) is 31.2 Å². The third kappa shape index (κ3) is 2.58. The SMILES string of the molecule is CC(=O)N1[C@H]2C[C@@H](n3cc(-c4cnc(N)c5oc(-c6cccc7cnsc67)cc45)cn3)CC3CCC321. The van der Waals surface area contributed by atoms with Crippen molar-refractivity contribution in [1.29, 1.82) is 0 Å². The van der Waals surface area contributed by atoms with E-state index in [1.807, 2.05) is 36.8 Å². The summed E-state index contributed by atoms with van der Waals surface area (Å²) in [6.07, 6.45) is 12.1. The Morgan fingerprint density at radius 2 is 2.14 bits per heavy atom. The number of likely N-dealkylation sites (tertiary alicyclic amines) is 1. The number of furan rings is 1. The van der Waals surface area contributed by atoms with Gasteiger partial charge in [0.15, 0.2) is 11.4 Å². The molecule has 1 spiro atoms. The largest absolute Gasteiger partial charge is 0.452 e. The number of rotatable bonds is 3. The van der Waals surface area contributed by atoms with Gasteiger partial charge in [-0.25, -0.2) is 4.98 Å². The fourth-order valence-corrected chi connectivity index (χ4v) is 7.79. The van der Waals surface area contributed by atoms with Gasteiger partial charge in [0.1, 0.15) is 5.76 Å². The summed E-state index contributed by atoms with van der Waals surface area (Å²) in [4.78, 5) is 18.7. The molecule has 9 heteroatoms. The summed E-state index contributed by atoms with van der Waals surface area (Å²) >= 11 is 1.46. The van der Waals surface area contributed by atoms with Gasteiger partial charge in [-0.05, 0) is 55.3 Å². The Morgan fingerprint density at radius 3 is 2.97 bits per heavy atom. The number of pyridine rings is 1. The quantitative estimate of drug-likeness (QED) is 0.342. The Bertz CT molecular complexity index is 1700. The number of nitrogens with two attached hydrogens (primary N) is 1. The van der Waals surface area contributed by atoms with Crippen LogP contribution in [0.15, 0.2) is 53.5 Å². The highest BCUT2D eigenvalue weighted by molar-refractivity contribution is 7.13. The zero-order valence-electron chi connectivity index (χ0n) is 19.7. The fourth-order valence-electron chi connectivity index (χ4n) is 7.02. The van der Waals surface area contributed by atoms with E-state index < -0.39 is 0 Å². The lowest BCUT2D eigenvalue weighted by atomic mass is 9.63. The van der Waals surface area contributed by atoms with E-state index in [0.717, 1.165) is 57.2 Å². The van der Waals surface area contributed by atoms with Crippen LogP contribution in [0.1, 0.15) is 38.6 Å². The van der Waals surface area contributed by atoms with Crippen molar-refractivity contribution in [3.8, 4) is 22.5 Å². The molecule has 8 nitrogen and oxygen atoms in total. The van der Waals surface area contributed by atoms with Crippen molar-refractivity contribution in [2.45, 2.75) is 50.2 Å². The van der Waals surface area contributed by atoms with Gasteiger partial charge in [-0.3, -0.25) is 9.48 Å². The van der Waals surface area contributed by atoms with Crippen LogP contribution < -0.4 is 5.73 Å². The number of anilines is 1. The second-order valence-electron chi connectivity index (χ2n) is 10.4. The molecule has 2 saturated carbocycles. The van der Waals surface area contributed by atoms with Gasteiger partial charge in [-0.1, -0.05) is 12.1 Å². The molecule has 2 aliphatic carbocycles. The fraction of sp³-hybridized carbons (Fsp3) is 0.333. The molecule has 4 atom stereocenters. The average molecular weight is 497 g/mol. The minimum atomic E-state index is 0.166. The predicted octanol–water partition coefficient (Wildman–Crippen LogP) is 5.26. The monoisotopic (exact) mass is 496 g/mol. The van der Waals surface area contributed by atoms with Gasteiger partial charge in [0.2, 0.25) is 5.91 Å². The lowest BCUT2D eigenvalue weighted by molar-refractivity contribution is -0.126. The second kappa shape index (κ2) is 6.94. The minimum Gasteiger partial charge on any atom is -0.452 e. The molecule has 3 fully saturated rings. The number of nitrogen functional groups attached to an aromatic ring is 1. The molecule has 2 N–H and O–H groups in total. The number of aromatic nitrogens is 4. The first-order valence-electron chi connectivity index (χ1n) is 12.4. The molecular formula is C27H24N6O2S. The number of hydrogen-bond donors (Lipinski definition) is 1. The predicted molar refractivity (Wildman–Crippen MR) is 138 cm³/mol. The summed E-state index contributed by atoms with van der Waals surface area (Å²) in [5.74, 6) is 1.93. The Morgan fingerprint density at radius 1 is 1.22 bits per heavy atom. The van der Waals surface area contributed by atoms with Crippen LogP contribution in [0.5, 0.6) is 0 Å². The second-order valence-corrected chi connectivity index (χ2v) is 11.2. The third-order valence-electron chi connectivity index (χ3n) is 8.78. The third-order valence-corrected chi connectivity index (χ3v) is 9.63. The van der Waals surface area contributed by atoms with E-state index in [-0.39, 0.29) is 11.4 Å². The molecular weight excluding hydrogens is 472 g/mol. The smallest absolute Gasteiger partial charge is 0.220 e. The van der Waals surface area contributed by atoms with Gasteiger partial charge in [0.25, 0.3) is 0 Å². The molecule has 1 aromatic carbocycles. The summed E-state index contributed by atoms with van der Waals surface area (Å²) in [5, 5.41) is 6.78. The van der Waals surface area contributed by atoms with Crippen molar-refractivity contribution in [2.75, 3.05) is 5.73 Å². The van der Waals surface area contributed by atoms with Crippen LogP contribution >= 0.6 is 11.5 Å². The number of fused-ring (bicyclic) bond motifs is 2. The number of amides is 1. The van der Waals surface area contributed by atoms with Gasteiger partial charge in [0.05, 0.1) is 28.5 Å². The highest BCUT2D eigenvalue weighted by Crippen LogP contribution is 2.66. The van der Waals surface area contributed by atoms with Crippen molar-refractivity contribution in [3.05, 3.63) is 49.1 Å². The van der Waals surface area contributed by atoms with E-state index in [1.165, 1.54) is 18.0 Å². The maximum absolute atomic E-state index is 12.2. The first-order valence-corrected chi connectivity index (χ1v) is 13.2. The standard InChI is InChI=1S/C27H24N6O2S/c1-14(34)33-23-8-18(7-17-5-6-27(17,23)33)32-13-16(10-30-32)21-12-29-26(28)24-20(21)9-22(35-24)19-4-2-3-15-11-31-36-25(15)19/h2-4,9-13,17-18,23H,5-8H2,1H3,(H2,28,29)/t17?,18-,23-,27?,33?/m0/s1. The van der Waals surface area contributed by atoms with Crippen molar-refractivity contribution in [3.63, 3.8) is 0 Å². The molecule has 5 aromatic rings. The van der Waals surface area contributed by atoms with Gasteiger partial charge in [-0.15, -0.1) is 0 Å². The molecule has 180 valence electrons. The zero-order chi connectivity index (χ0) is 24.2. The summed E-state index contributed by atoms with van der Waals surface area (Å²) < 4.78 is 13.8. The van der Waals surface area contributed by atoms with Crippen LogP contribution in [0.25, 0.3) is 43.5 Å². The normalized spacial score (nSPS) is 26.6. The van der Waals surface area contributed by atoms with E-state index >= 15 is 0 Å². The number of benzene rings is 1. The Labute approximate surface area is 210 Å². The van der Waals surface area contributed by atoms with E-state index in [9.17, 15) is 4.79 Å². The van der Waals surface area contributed by atoms with Crippen molar-refractivity contribution in [1.82, 2.24) is 24.0 Å². The number of nitrogens with zero attached hydrogens (tertiary/aromatic N) is 5. The molecule has 8 rings (SSSR count). The highest BCUT2D eigenvalue weighted by Gasteiger charge is 2.73. The molecule has 1 amide bonds. The Kier molecular flexibility index (Phi) is 3.95. The molecule has 2 unspecified atom stereocenters. The van der Waals surface area contributed by atoms with Gasteiger partial charge in [-0.2, -0.15) is 9.47 Å². The summed E-state index contributed by atoms with van der Waals surface area (Å²) in [6.45, 7) is 1.71. The van der Waals surface area contributed by atoms with E-state index in [1.54, 1.807) is 6.92 Å². The van der Waals surface area contributed by atoms with Crippen LogP contribution in [-0.4, -0.2) is 41.5 Å². The van der Waals surface area contributed by atoms with Crippen LogP contribution in [0.4, 0.5) is 5.82 Å². The average Bonchev–Trinajstić information content (AvgIpc) is 3.31. The van der Waals surface area contributed by atoms with E-state index in [0.29, 0.717) is 29.4 Å². The lowest BCUT2D eigenvalue weighted by Crippen LogP contribution is -2.45. The molecule has 1 aliphatic heterocycles. The van der Waals surface area contributed by atoms with Crippen molar-refractivity contribution in [2.24, 2.45) is 5.92 Å². The van der Waals surface area contributed by atoms with Crippen molar-refractivity contribution < 1.29 is 9.21 Å². The number of hydrogen-bond acceptors (Lipinski definition) is 7. The summed E-state index contributed by atoms with van der Waals surface area (Å²) in [6, 6.07) is 8.83. The number of carbonyl (C=O) groups is 1. The zero-order valence-corrected chi connectivity index (χ0v) is 20.5. The maximum atomic E-state index is 12.2. The Balaban J connectivity index is 1.16. The van der Waals surface area contributed by atoms with Gasteiger partial charge in [0, 0.05) is 53.0 Å². The van der Waals surface area contributed by atoms with Gasteiger partial charge >= 0.3 is 0 Å². The van der Waals surface area contributed by atoms with Crippen LogP contribution in [0.3, 0.4) is 0 Å². The van der Waals surface area contributed by atoms with Gasteiger partial charge < -0.3 is 15.1 Å². The molecule has 3 aliphatic rings. The summed E-state index contributed by atoms with van der Waals surface area (Å²) in [7, 11) is 0. The van der Waals surface area contributed by atoms with Crippen LogP contribution in [0, 0.1) is 5.92 Å². The maximum Gasteiger partial charge on any atom is 0.220 e. The van der Waals surface area contributed by atoms with Crippen LogP contribution in [-0.2, 0) is 4.79 Å². The molecule has 36 heavy (non-hydrogen) atoms. The Hall–Kier alpha value is -3.72. The minimum absolute atomic E-state index is 0.166. The summed E-state index contributed by atoms with van der Waals surface area (Å²) in [5.41, 5.74) is 9.92. The molecule has 1 saturated heterocycles. The highest BCUT2D eigenvalue weighted by atomic mass is 32.1. The molecule has 0 radical (unpaired) electrons. The molecule has 0 bridgehead atoms.